The van der Waals surface area contributed by atoms with Crippen LogP contribution in [0.4, 0.5) is 5.69 Å². The van der Waals surface area contributed by atoms with Crippen LogP contribution in [0.3, 0.4) is 0 Å². The highest BCUT2D eigenvalue weighted by atomic mass is 14.7. The van der Waals surface area contributed by atoms with E-state index in [1.54, 1.807) is 12.3 Å². The smallest absolute Gasteiger partial charge is 0.0468 e. The second kappa shape index (κ2) is 2.74. The molecule has 0 fully saturated rings. The minimum absolute atomic E-state index is 0.755. The molecular weight excluding hydrogens is 136 g/mol. The predicted molar refractivity (Wildman–Crippen MR) is 48.1 cm³/mol. The molecule has 0 atom stereocenters. The molecule has 0 aliphatic carbocycles. The Labute approximate surface area is 66.8 Å². The third-order valence-electron chi connectivity index (χ3n) is 1.60. The minimum Gasteiger partial charge on any atom is -0.398 e. The Balaban J connectivity index is 3.32. The van der Waals surface area contributed by atoms with Crippen molar-refractivity contribution in [3.63, 3.8) is 0 Å². The number of hydrogen-bond acceptors (Lipinski definition) is 2. The number of pyridine rings is 1. The lowest BCUT2D eigenvalue weighted by Crippen LogP contribution is -1.96. The van der Waals surface area contributed by atoms with E-state index in [0.717, 1.165) is 22.5 Å². The van der Waals surface area contributed by atoms with E-state index in [2.05, 4.69) is 11.6 Å². The average Bonchev–Trinajstić information content (AvgIpc) is 1.85. The van der Waals surface area contributed by atoms with Gasteiger partial charge in [-0.2, -0.15) is 0 Å². The molecule has 0 aromatic carbocycles. The van der Waals surface area contributed by atoms with Crippen molar-refractivity contribution in [1.29, 1.82) is 0 Å². The maximum Gasteiger partial charge on any atom is 0.0468 e. The van der Waals surface area contributed by atoms with Crippen molar-refractivity contribution < 1.29 is 0 Å². The summed E-state index contributed by atoms with van der Waals surface area (Å²) in [5.74, 6) is 0. The van der Waals surface area contributed by atoms with Crippen LogP contribution in [0.5, 0.6) is 0 Å². The molecule has 0 bridgehead atoms. The first-order valence-electron chi connectivity index (χ1n) is 3.50. The van der Waals surface area contributed by atoms with Crippen LogP contribution in [-0.4, -0.2) is 4.98 Å². The number of anilines is 1. The van der Waals surface area contributed by atoms with E-state index in [1.807, 2.05) is 13.8 Å². The van der Waals surface area contributed by atoms with Crippen LogP contribution in [-0.2, 0) is 0 Å². The molecule has 2 N–H and O–H groups in total. The van der Waals surface area contributed by atoms with Crippen LogP contribution < -0.4 is 5.73 Å². The molecule has 11 heavy (non-hydrogen) atoms. The monoisotopic (exact) mass is 148 g/mol. The van der Waals surface area contributed by atoms with Gasteiger partial charge in [-0.05, 0) is 25.5 Å². The summed E-state index contributed by atoms with van der Waals surface area (Å²) >= 11 is 0. The van der Waals surface area contributed by atoms with Gasteiger partial charge in [0.1, 0.15) is 0 Å². The van der Waals surface area contributed by atoms with E-state index < -0.39 is 0 Å². The van der Waals surface area contributed by atoms with E-state index in [4.69, 9.17) is 5.73 Å². The molecule has 0 aliphatic heterocycles. The van der Waals surface area contributed by atoms with Gasteiger partial charge in [0.2, 0.25) is 0 Å². The van der Waals surface area contributed by atoms with Crippen LogP contribution >= 0.6 is 0 Å². The molecule has 58 valence electrons. The van der Waals surface area contributed by atoms with Gasteiger partial charge in [-0.15, -0.1) is 0 Å². The first-order chi connectivity index (χ1) is 5.13. The van der Waals surface area contributed by atoms with Gasteiger partial charge in [-0.25, -0.2) is 0 Å². The van der Waals surface area contributed by atoms with Crippen LogP contribution in [0.2, 0.25) is 0 Å². The molecule has 0 spiro atoms. The number of nitrogens with two attached hydrogens (primary N) is 1. The molecule has 0 saturated heterocycles. The van der Waals surface area contributed by atoms with Crippen molar-refractivity contribution in [3.8, 4) is 0 Å². The van der Waals surface area contributed by atoms with Gasteiger partial charge in [0.25, 0.3) is 0 Å². The first kappa shape index (κ1) is 7.79. The highest BCUT2D eigenvalue weighted by molar-refractivity contribution is 5.73. The Kier molecular flexibility index (Phi) is 1.94. The number of aromatic nitrogens is 1. The van der Waals surface area contributed by atoms with Crippen molar-refractivity contribution in [2.24, 2.45) is 0 Å². The largest absolute Gasteiger partial charge is 0.398 e. The molecule has 0 saturated carbocycles. The molecule has 2 nitrogen and oxygen atoms in total. The predicted octanol–water partition coefficient (Wildman–Crippen LogP) is 2.01. The molecule has 0 aliphatic rings. The lowest BCUT2D eigenvalue weighted by molar-refractivity contribution is 1.18. The Bertz CT molecular complexity index is 269. The third kappa shape index (κ3) is 1.40. The Hall–Kier alpha value is -1.31. The zero-order chi connectivity index (χ0) is 8.43. The normalized spacial score (nSPS) is 9.64. The number of nitrogen functional groups attached to an aromatic ring is 1. The number of aryl methyl sites for hydroxylation is 1. The van der Waals surface area contributed by atoms with Crippen molar-refractivity contribution in [1.82, 2.24) is 4.98 Å². The van der Waals surface area contributed by atoms with Crippen molar-refractivity contribution in [3.05, 3.63) is 30.1 Å². The Morgan fingerprint density at radius 3 is 2.64 bits per heavy atom. The van der Waals surface area contributed by atoms with Gasteiger partial charge in [0.05, 0.1) is 0 Å². The zero-order valence-corrected chi connectivity index (χ0v) is 6.89. The van der Waals surface area contributed by atoms with E-state index in [9.17, 15) is 0 Å². The first-order valence-corrected chi connectivity index (χ1v) is 3.50. The van der Waals surface area contributed by atoms with E-state index in [0.29, 0.717) is 0 Å². The summed E-state index contributed by atoms with van der Waals surface area (Å²) in [6.07, 6.45) is 1.71. The van der Waals surface area contributed by atoms with Crippen LogP contribution in [0.1, 0.15) is 18.2 Å². The van der Waals surface area contributed by atoms with E-state index in [-0.39, 0.29) is 0 Å². The van der Waals surface area contributed by atoms with Crippen LogP contribution in [0.15, 0.2) is 18.8 Å². The minimum atomic E-state index is 0.755. The number of allylic oxidation sites excluding steroid dienone is 1. The molecule has 0 amide bonds. The highest BCUT2D eigenvalue weighted by Gasteiger charge is 2.02. The van der Waals surface area contributed by atoms with Gasteiger partial charge in [0.15, 0.2) is 0 Å². The molecule has 1 aromatic rings. The van der Waals surface area contributed by atoms with Gasteiger partial charge >= 0.3 is 0 Å². The second-order valence-electron chi connectivity index (χ2n) is 2.64. The number of hydrogen-bond donors (Lipinski definition) is 1. The molecule has 1 heterocycles. The van der Waals surface area contributed by atoms with Gasteiger partial charge in [-0.3, -0.25) is 4.98 Å². The van der Waals surface area contributed by atoms with Gasteiger partial charge in [-0.1, -0.05) is 6.58 Å². The standard InChI is InChI=1S/C9H12N2/c1-6(2)9-7(3)11-5-4-8(9)10/h4-5H,1H2,2-3H3,(H2,10,11). The van der Waals surface area contributed by atoms with E-state index in [1.165, 1.54) is 0 Å². The maximum atomic E-state index is 5.72. The van der Waals surface area contributed by atoms with Gasteiger partial charge < -0.3 is 5.73 Å². The molecule has 0 radical (unpaired) electrons. The summed E-state index contributed by atoms with van der Waals surface area (Å²) in [4.78, 5) is 4.12. The van der Waals surface area contributed by atoms with Crippen molar-refractivity contribution in [2.45, 2.75) is 13.8 Å². The SMILES string of the molecule is C=C(C)c1c(N)ccnc1C. The molecule has 1 rings (SSSR count). The average molecular weight is 148 g/mol. The lowest BCUT2D eigenvalue weighted by Gasteiger charge is -2.06. The summed E-state index contributed by atoms with van der Waals surface area (Å²) in [5.41, 5.74) is 9.36. The maximum absolute atomic E-state index is 5.72. The number of rotatable bonds is 1. The Morgan fingerprint density at radius 1 is 1.64 bits per heavy atom. The summed E-state index contributed by atoms with van der Waals surface area (Å²) in [6, 6.07) is 1.79. The van der Waals surface area contributed by atoms with E-state index >= 15 is 0 Å². The third-order valence-corrected chi connectivity index (χ3v) is 1.60. The lowest BCUT2D eigenvalue weighted by atomic mass is 10.1. The summed E-state index contributed by atoms with van der Waals surface area (Å²) in [7, 11) is 0. The quantitative estimate of drug-likeness (QED) is 0.661. The van der Waals surface area contributed by atoms with Crippen LogP contribution in [0.25, 0.3) is 5.57 Å². The zero-order valence-electron chi connectivity index (χ0n) is 6.89. The number of nitrogens with zero attached hydrogens (tertiary/aromatic N) is 1. The van der Waals surface area contributed by atoms with Crippen LogP contribution in [0, 0.1) is 6.92 Å². The fourth-order valence-electron chi connectivity index (χ4n) is 1.14. The van der Waals surface area contributed by atoms with Gasteiger partial charge in [0, 0.05) is 23.1 Å². The molecule has 1 aromatic heterocycles. The fourth-order valence-corrected chi connectivity index (χ4v) is 1.14. The summed E-state index contributed by atoms with van der Waals surface area (Å²) in [5, 5.41) is 0. The van der Waals surface area contributed by atoms with Crippen molar-refractivity contribution in [2.75, 3.05) is 5.73 Å². The summed E-state index contributed by atoms with van der Waals surface area (Å²) in [6.45, 7) is 7.69. The second-order valence-corrected chi connectivity index (χ2v) is 2.64. The topological polar surface area (TPSA) is 38.9 Å². The van der Waals surface area contributed by atoms with Crippen molar-refractivity contribution >= 4 is 11.3 Å². The fraction of sp³-hybridized carbons (Fsp3) is 0.222. The molecule has 2 heteroatoms. The summed E-state index contributed by atoms with van der Waals surface area (Å²) < 4.78 is 0. The highest BCUT2D eigenvalue weighted by Crippen LogP contribution is 2.21. The molecule has 0 unspecified atom stereocenters. The molecular formula is C9H12N2. The Morgan fingerprint density at radius 2 is 2.27 bits per heavy atom.